The SMILES string of the molecule is C/C=C(/Br)C(C)O. The average molecular weight is 165 g/mol. The molecule has 0 spiro atoms. The Kier molecular flexibility index (Phi) is 3.30. The van der Waals surface area contributed by atoms with Gasteiger partial charge in [0, 0.05) is 4.48 Å². The Labute approximate surface area is 52.2 Å². The molecule has 0 saturated carbocycles. The first kappa shape index (κ1) is 7.18. The zero-order valence-corrected chi connectivity index (χ0v) is 6.07. The Morgan fingerprint density at radius 2 is 2.29 bits per heavy atom. The molecular formula is C5H9BrO. The monoisotopic (exact) mass is 164 g/mol. The molecule has 0 fully saturated rings. The highest BCUT2D eigenvalue weighted by molar-refractivity contribution is 9.11. The van der Waals surface area contributed by atoms with Crippen molar-refractivity contribution in [3.05, 3.63) is 10.6 Å². The minimum Gasteiger partial charge on any atom is -0.388 e. The predicted octanol–water partition coefficient (Wildman–Crippen LogP) is 1.67. The standard InChI is InChI=1S/C5H9BrO/c1-3-5(6)4(2)7/h3-4,7H,1-2H3/b5-3+. The highest BCUT2D eigenvalue weighted by Crippen LogP contribution is 2.08. The minimum absolute atomic E-state index is 0.356. The van der Waals surface area contributed by atoms with Gasteiger partial charge in [-0.15, -0.1) is 0 Å². The van der Waals surface area contributed by atoms with Crippen molar-refractivity contribution in [3.63, 3.8) is 0 Å². The third-order valence-corrected chi connectivity index (χ3v) is 1.80. The second-order valence-electron chi connectivity index (χ2n) is 1.35. The molecule has 0 aliphatic carbocycles. The van der Waals surface area contributed by atoms with Gasteiger partial charge in [0.25, 0.3) is 0 Å². The highest BCUT2D eigenvalue weighted by Gasteiger charge is 1.94. The van der Waals surface area contributed by atoms with Crippen LogP contribution in [0.4, 0.5) is 0 Å². The summed E-state index contributed by atoms with van der Waals surface area (Å²) in [6.45, 7) is 3.58. The molecule has 0 amide bonds. The van der Waals surface area contributed by atoms with Crippen LogP contribution in [0.2, 0.25) is 0 Å². The maximum absolute atomic E-state index is 8.71. The molecule has 0 rings (SSSR count). The van der Waals surface area contributed by atoms with Gasteiger partial charge in [0.05, 0.1) is 6.10 Å². The van der Waals surface area contributed by atoms with Crippen molar-refractivity contribution in [2.45, 2.75) is 20.0 Å². The minimum atomic E-state index is -0.356. The largest absolute Gasteiger partial charge is 0.388 e. The normalized spacial score (nSPS) is 16.9. The van der Waals surface area contributed by atoms with Crippen LogP contribution in [-0.2, 0) is 0 Å². The number of hydrogen-bond acceptors (Lipinski definition) is 1. The lowest BCUT2D eigenvalue weighted by molar-refractivity contribution is 0.241. The van der Waals surface area contributed by atoms with Gasteiger partial charge in [-0.25, -0.2) is 0 Å². The number of allylic oxidation sites excluding steroid dienone is 1. The summed E-state index contributed by atoms with van der Waals surface area (Å²) in [5, 5.41) is 8.71. The lowest BCUT2D eigenvalue weighted by Crippen LogP contribution is -1.96. The van der Waals surface area contributed by atoms with Gasteiger partial charge in [0.15, 0.2) is 0 Å². The van der Waals surface area contributed by atoms with Crippen molar-refractivity contribution in [2.75, 3.05) is 0 Å². The van der Waals surface area contributed by atoms with E-state index in [1.807, 2.05) is 13.0 Å². The summed E-state index contributed by atoms with van der Waals surface area (Å²) < 4.78 is 0.840. The molecule has 7 heavy (non-hydrogen) atoms. The van der Waals surface area contributed by atoms with E-state index in [2.05, 4.69) is 15.9 Å². The molecule has 0 heterocycles. The van der Waals surface area contributed by atoms with Gasteiger partial charge in [0.2, 0.25) is 0 Å². The number of aliphatic hydroxyl groups excluding tert-OH is 1. The third-order valence-electron chi connectivity index (χ3n) is 0.675. The molecule has 0 aliphatic heterocycles. The molecule has 0 aromatic heterocycles. The van der Waals surface area contributed by atoms with Crippen molar-refractivity contribution < 1.29 is 5.11 Å². The Bertz CT molecular complexity index is 76.1. The van der Waals surface area contributed by atoms with Gasteiger partial charge in [-0.1, -0.05) is 22.0 Å². The van der Waals surface area contributed by atoms with Gasteiger partial charge in [0.1, 0.15) is 0 Å². The Morgan fingerprint density at radius 1 is 1.86 bits per heavy atom. The second kappa shape index (κ2) is 3.22. The summed E-state index contributed by atoms with van der Waals surface area (Å²) in [5.41, 5.74) is 0. The van der Waals surface area contributed by atoms with E-state index in [-0.39, 0.29) is 6.10 Å². The van der Waals surface area contributed by atoms with E-state index in [4.69, 9.17) is 5.11 Å². The van der Waals surface area contributed by atoms with Gasteiger partial charge in [-0.05, 0) is 13.8 Å². The third kappa shape index (κ3) is 2.83. The van der Waals surface area contributed by atoms with Crippen molar-refractivity contribution in [3.8, 4) is 0 Å². The topological polar surface area (TPSA) is 20.2 Å². The first-order valence-electron chi connectivity index (χ1n) is 2.18. The molecule has 1 nitrogen and oxygen atoms in total. The molecule has 0 aromatic rings. The fourth-order valence-electron chi connectivity index (χ4n) is 0.241. The molecule has 1 unspecified atom stereocenters. The summed E-state index contributed by atoms with van der Waals surface area (Å²) in [7, 11) is 0. The van der Waals surface area contributed by atoms with E-state index < -0.39 is 0 Å². The maximum Gasteiger partial charge on any atom is 0.0823 e. The molecule has 1 atom stereocenters. The van der Waals surface area contributed by atoms with Crippen molar-refractivity contribution in [2.24, 2.45) is 0 Å². The number of rotatable bonds is 1. The van der Waals surface area contributed by atoms with Crippen molar-refractivity contribution in [1.82, 2.24) is 0 Å². The summed E-state index contributed by atoms with van der Waals surface area (Å²) in [4.78, 5) is 0. The summed E-state index contributed by atoms with van der Waals surface area (Å²) in [5.74, 6) is 0. The summed E-state index contributed by atoms with van der Waals surface area (Å²) in [6, 6.07) is 0. The van der Waals surface area contributed by atoms with E-state index >= 15 is 0 Å². The van der Waals surface area contributed by atoms with Crippen LogP contribution in [0.5, 0.6) is 0 Å². The summed E-state index contributed by atoms with van der Waals surface area (Å²) in [6.07, 6.45) is 1.47. The Hall–Kier alpha value is 0.180. The van der Waals surface area contributed by atoms with Crippen LogP contribution in [0, 0.1) is 0 Å². The van der Waals surface area contributed by atoms with E-state index in [9.17, 15) is 0 Å². The van der Waals surface area contributed by atoms with E-state index in [1.54, 1.807) is 6.92 Å². The zero-order valence-electron chi connectivity index (χ0n) is 4.48. The van der Waals surface area contributed by atoms with Crippen molar-refractivity contribution >= 4 is 15.9 Å². The van der Waals surface area contributed by atoms with Crippen LogP contribution < -0.4 is 0 Å². The van der Waals surface area contributed by atoms with Crippen LogP contribution in [0.25, 0.3) is 0 Å². The molecular weight excluding hydrogens is 156 g/mol. The Morgan fingerprint density at radius 3 is 2.29 bits per heavy atom. The molecule has 0 saturated heterocycles. The molecule has 2 heteroatoms. The zero-order chi connectivity index (χ0) is 5.86. The van der Waals surface area contributed by atoms with Crippen LogP contribution in [-0.4, -0.2) is 11.2 Å². The fraction of sp³-hybridized carbons (Fsp3) is 0.600. The van der Waals surface area contributed by atoms with Crippen LogP contribution >= 0.6 is 15.9 Å². The molecule has 0 radical (unpaired) electrons. The van der Waals surface area contributed by atoms with Gasteiger partial charge >= 0.3 is 0 Å². The van der Waals surface area contributed by atoms with Crippen LogP contribution in [0.1, 0.15) is 13.8 Å². The second-order valence-corrected chi connectivity index (χ2v) is 2.27. The number of aliphatic hydroxyl groups is 1. The van der Waals surface area contributed by atoms with E-state index in [0.29, 0.717) is 0 Å². The predicted molar refractivity (Wildman–Crippen MR) is 34.4 cm³/mol. The average Bonchev–Trinajstić information content (AvgIpc) is 1.65. The molecule has 0 aromatic carbocycles. The fourth-order valence-corrected chi connectivity index (χ4v) is 0.241. The van der Waals surface area contributed by atoms with Crippen LogP contribution in [0.3, 0.4) is 0 Å². The number of halogens is 1. The first-order valence-corrected chi connectivity index (χ1v) is 2.97. The van der Waals surface area contributed by atoms with E-state index in [0.717, 1.165) is 4.48 Å². The molecule has 1 N–H and O–H groups in total. The van der Waals surface area contributed by atoms with Gasteiger partial charge in [-0.2, -0.15) is 0 Å². The molecule has 0 bridgehead atoms. The molecule has 42 valence electrons. The van der Waals surface area contributed by atoms with Crippen molar-refractivity contribution in [1.29, 1.82) is 0 Å². The highest BCUT2D eigenvalue weighted by atomic mass is 79.9. The maximum atomic E-state index is 8.71. The smallest absolute Gasteiger partial charge is 0.0823 e. The Balaban J connectivity index is 3.56. The molecule has 0 aliphatic rings. The van der Waals surface area contributed by atoms with Gasteiger partial charge < -0.3 is 5.11 Å². The van der Waals surface area contributed by atoms with E-state index in [1.165, 1.54) is 0 Å². The number of hydrogen-bond donors (Lipinski definition) is 1. The van der Waals surface area contributed by atoms with Crippen LogP contribution in [0.15, 0.2) is 10.6 Å². The quantitative estimate of drug-likeness (QED) is 0.626. The van der Waals surface area contributed by atoms with Gasteiger partial charge in [-0.3, -0.25) is 0 Å². The lowest BCUT2D eigenvalue weighted by atomic mass is 10.4. The first-order chi connectivity index (χ1) is 3.18. The summed E-state index contributed by atoms with van der Waals surface area (Å²) >= 11 is 3.15. The lowest BCUT2D eigenvalue weighted by Gasteiger charge is -1.97.